The van der Waals surface area contributed by atoms with E-state index in [1.807, 2.05) is 32.0 Å². The summed E-state index contributed by atoms with van der Waals surface area (Å²) >= 11 is 0. The van der Waals surface area contributed by atoms with E-state index in [0.29, 0.717) is 11.3 Å². The number of hydrogen-bond donors (Lipinski definition) is 1. The number of carbonyl (C=O) groups excluding carboxylic acids is 3. The number of fused-ring (bicyclic) bond motifs is 1. The Bertz CT molecular complexity index is 922. The fourth-order valence-corrected chi connectivity index (χ4v) is 4.45. The fraction of sp³-hybridized carbons (Fsp3) is 0.348. The highest BCUT2D eigenvalue weighted by molar-refractivity contribution is 6.22. The standard InChI is InChI=1S/C23H24N2O3/c1-14-10-15(2)12-17(11-14)24-21(26)16-6-5-7-18(13-16)25-22(27)19-8-3-4-9-20(19)23(25)28/h5-7,10-13,19-20H,3-4,8-9H2,1-2H3,(H,24,26)/t19-,20-/m1/s1. The van der Waals surface area contributed by atoms with Gasteiger partial charge in [0, 0.05) is 11.3 Å². The summed E-state index contributed by atoms with van der Waals surface area (Å²) in [6, 6.07) is 12.6. The fourth-order valence-electron chi connectivity index (χ4n) is 4.45. The van der Waals surface area contributed by atoms with Crippen LogP contribution >= 0.6 is 0 Å². The van der Waals surface area contributed by atoms with E-state index in [2.05, 4.69) is 5.32 Å². The third-order valence-corrected chi connectivity index (χ3v) is 5.69. The third kappa shape index (κ3) is 3.33. The van der Waals surface area contributed by atoms with E-state index in [9.17, 15) is 14.4 Å². The predicted octanol–water partition coefficient (Wildman–Crippen LogP) is 4.24. The van der Waals surface area contributed by atoms with E-state index in [4.69, 9.17) is 0 Å². The first-order chi connectivity index (χ1) is 13.4. The van der Waals surface area contributed by atoms with Gasteiger partial charge in [-0.05, 0) is 68.1 Å². The number of amides is 3. The molecule has 3 amide bonds. The maximum Gasteiger partial charge on any atom is 0.255 e. The molecule has 1 N–H and O–H groups in total. The van der Waals surface area contributed by atoms with Gasteiger partial charge < -0.3 is 5.32 Å². The van der Waals surface area contributed by atoms with Crippen LogP contribution in [0.4, 0.5) is 11.4 Å². The minimum absolute atomic E-state index is 0.124. The van der Waals surface area contributed by atoms with Gasteiger partial charge in [-0.1, -0.05) is 25.0 Å². The number of hydrogen-bond acceptors (Lipinski definition) is 3. The summed E-state index contributed by atoms with van der Waals surface area (Å²) < 4.78 is 0. The van der Waals surface area contributed by atoms with E-state index in [1.54, 1.807) is 24.3 Å². The minimum atomic E-state index is -0.261. The van der Waals surface area contributed by atoms with Gasteiger partial charge >= 0.3 is 0 Å². The molecule has 1 aliphatic carbocycles. The largest absolute Gasteiger partial charge is 0.322 e. The molecule has 28 heavy (non-hydrogen) atoms. The summed E-state index contributed by atoms with van der Waals surface area (Å²) in [6.45, 7) is 3.96. The molecular weight excluding hydrogens is 352 g/mol. The second-order valence-electron chi connectivity index (χ2n) is 7.89. The summed E-state index contributed by atoms with van der Waals surface area (Å²) in [5, 5.41) is 2.90. The normalized spacial score (nSPS) is 21.6. The van der Waals surface area contributed by atoms with Gasteiger partial charge in [0.15, 0.2) is 0 Å². The highest BCUT2D eigenvalue weighted by Gasteiger charge is 2.48. The van der Waals surface area contributed by atoms with Crippen molar-refractivity contribution < 1.29 is 14.4 Å². The predicted molar refractivity (Wildman–Crippen MR) is 108 cm³/mol. The van der Waals surface area contributed by atoms with E-state index in [-0.39, 0.29) is 29.6 Å². The number of nitrogens with one attached hydrogen (secondary N) is 1. The summed E-state index contributed by atoms with van der Waals surface area (Å²) in [4.78, 5) is 39.6. The Morgan fingerprint density at radius 1 is 0.929 bits per heavy atom. The van der Waals surface area contributed by atoms with Crippen LogP contribution in [0.3, 0.4) is 0 Å². The number of nitrogens with zero attached hydrogens (tertiary/aromatic N) is 1. The van der Waals surface area contributed by atoms with E-state index in [1.165, 1.54) is 4.90 Å². The van der Waals surface area contributed by atoms with Crippen LogP contribution in [0.1, 0.15) is 47.2 Å². The van der Waals surface area contributed by atoms with Crippen LogP contribution in [0.5, 0.6) is 0 Å². The average molecular weight is 376 g/mol. The second kappa shape index (κ2) is 7.23. The molecule has 0 radical (unpaired) electrons. The van der Waals surface area contributed by atoms with Crippen LogP contribution in [0.2, 0.25) is 0 Å². The number of anilines is 2. The molecule has 0 spiro atoms. The maximum absolute atomic E-state index is 12.8. The maximum atomic E-state index is 12.8. The Labute approximate surface area is 164 Å². The van der Waals surface area contributed by atoms with Gasteiger partial charge in [-0.2, -0.15) is 0 Å². The summed E-state index contributed by atoms with van der Waals surface area (Å²) in [7, 11) is 0. The lowest BCUT2D eigenvalue weighted by molar-refractivity contribution is -0.122. The van der Waals surface area contributed by atoms with Crippen molar-refractivity contribution in [3.63, 3.8) is 0 Å². The van der Waals surface area contributed by atoms with Gasteiger partial charge in [0.2, 0.25) is 11.8 Å². The molecule has 2 aromatic carbocycles. The molecule has 0 aromatic heterocycles. The molecule has 5 nitrogen and oxygen atoms in total. The van der Waals surface area contributed by atoms with E-state index in [0.717, 1.165) is 42.5 Å². The smallest absolute Gasteiger partial charge is 0.255 e. The molecule has 1 heterocycles. The topological polar surface area (TPSA) is 66.5 Å². The molecule has 0 bridgehead atoms. The van der Waals surface area contributed by atoms with Crippen molar-refractivity contribution in [3.05, 3.63) is 59.2 Å². The quantitative estimate of drug-likeness (QED) is 0.815. The van der Waals surface area contributed by atoms with Gasteiger partial charge in [0.25, 0.3) is 5.91 Å². The van der Waals surface area contributed by atoms with Crippen LogP contribution < -0.4 is 10.2 Å². The highest BCUT2D eigenvalue weighted by atomic mass is 16.2. The van der Waals surface area contributed by atoms with Crippen molar-refractivity contribution in [1.29, 1.82) is 0 Å². The Morgan fingerprint density at radius 3 is 2.14 bits per heavy atom. The summed E-state index contributed by atoms with van der Waals surface area (Å²) in [5.74, 6) is -0.908. The van der Waals surface area contributed by atoms with E-state index >= 15 is 0 Å². The van der Waals surface area contributed by atoms with E-state index < -0.39 is 0 Å². The lowest BCUT2D eigenvalue weighted by atomic mass is 9.81. The Morgan fingerprint density at radius 2 is 1.54 bits per heavy atom. The van der Waals surface area contributed by atoms with Gasteiger partial charge in [-0.25, -0.2) is 0 Å². The van der Waals surface area contributed by atoms with Crippen LogP contribution in [0.15, 0.2) is 42.5 Å². The van der Waals surface area contributed by atoms with Gasteiger partial charge in [-0.3, -0.25) is 19.3 Å². The lowest BCUT2D eigenvalue weighted by Crippen LogP contribution is -2.31. The molecule has 0 unspecified atom stereocenters. The average Bonchev–Trinajstić information content (AvgIpc) is 2.92. The Kier molecular flexibility index (Phi) is 4.75. The minimum Gasteiger partial charge on any atom is -0.322 e. The number of imide groups is 1. The Hall–Kier alpha value is -2.95. The zero-order chi connectivity index (χ0) is 19.8. The molecule has 2 aromatic rings. The first-order valence-electron chi connectivity index (χ1n) is 9.81. The summed E-state index contributed by atoms with van der Waals surface area (Å²) in [6.07, 6.45) is 3.54. The summed E-state index contributed by atoms with van der Waals surface area (Å²) in [5.41, 5.74) is 3.77. The van der Waals surface area contributed by atoms with Crippen molar-refractivity contribution in [1.82, 2.24) is 0 Å². The molecule has 144 valence electrons. The molecule has 1 saturated heterocycles. The highest BCUT2D eigenvalue weighted by Crippen LogP contribution is 2.40. The molecule has 2 atom stereocenters. The first-order valence-corrected chi connectivity index (χ1v) is 9.81. The van der Waals surface area contributed by atoms with Gasteiger partial charge in [0.1, 0.15) is 0 Å². The molecule has 1 saturated carbocycles. The monoisotopic (exact) mass is 376 g/mol. The van der Waals surface area contributed by atoms with Crippen LogP contribution in [0, 0.1) is 25.7 Å². The van der Waals surface area contributed by atoms with Crippen LogP contribution in [-0.2, 0) is 9.59 Å². The Balaban J connectivity index is 1.58. The molecule has 5 heteroatoms. The SMILES string of the molecule is Cc1cc(C)cc(NC(=O)c2cccc(N3C(=O)[C@@H]4CCCC[C@H]4C3=O)c2)c1. The van der Waals surface area contributed by atoms with Crippen molar-refractivity contribution in [2.24, 2.45) is 11.8 Å². The first kappa shape index (κ1) is 18.4. The zero-order valence-corrected chi connectivity index (χ0v) is 16.2. The van der Waals surface area contributed by atoms with Crippen molar-refractivity contribution in [2.75, 3.05) is 10.2 Å². The van der Waals surface area contributed by atoms with Gasteiger partial charge in [0.05, 0.1) is 17.5 Å². The van der Waals surface area contributed by atoms with Crippen LogP contribution in [-0.4, -0.2) is 17.7 Å². The number of carbonyl (C=O) groups is 3. The number of aryl methyl sites for hydroxylation is 2. The van der Waals surface area contributed by atoms with Gasteiger partial charge in [-0.15, -0.1) is 0 Å². The third-order valence-electron chi connectivity index (χ3n) is 5.69. The molecule has 2 aliphatic rings. The molecular formula is C23H24N2O3. The number of benzene rings is 2. The number of rotatable bonds is 3. The lowest BCUT2D eigenvalue weighted by Gasteiger charge is -2.19. The van der Waals surface area contributed by atoms with Crippen molar-refractivity contribution >= 4 is 29.1 Å². The van der Waals surface area contributed by atoms with Crippen molar-refractivity contribution in [2.45, 2.75) is 39.5 Å². The zero-order valence-electron chi connectivity index (χ0n) is 16.2. The molecule has 4 rings (SSSR count). The second-order valence-corrected chi connectivity index (χ2v) is 7.89. The van der Waals surface area contributed by atoms with Crippen LogP contribution in [0.25, 0.3) is 0 Å². The van der Waals surface area contributed by atoms with Crippen molar-refractivity contribution in [3.8, 4) is 0 Å². The molecule has 1 aliphatic heterocycles. The molecule has 2 fully saturated rings.